The van der Waals surface area contributed by atoms with E-state index in [1.54, 1.807) is 19.3 Å². The Labute approximate surface area is 130 Å². The Bertz CT molecular complexity index is 560. The molecule has 0 fully saturated rings. The number of aromatic nitrogens is 1. The third-order valence-corrected chi connectivity index (χ3v) is 3.45. The minimum atomic E-state index is -3.15. The van der Waals surface area contributed by atoms with Gasteiger partial charge in [-0.15, -0.1) is 0 Å². The molecule has 0 saturated carbocycles. The first kappa shape index (κ1) is 17.7. The number of halogens is 1. The highest BCUT2D eigenvalue weighted by Crippen LogP contribution is 2.05. The van der Waals surface area contributed by atoms with Gasteiger partial charge in [-0.05, 0) is 18.1 Å². The van der Waals surface area contributed by atoms with Gasteiger partial charge in [-0.25, -0.2) is 18.1 Å². The number of guanidine groups is 1. The number of hydrogen-bond acceptors (Lipinski definition) is 4. The Morgan fingerprint density at radius 2 is 2.00 bits per heavy atom. The minimum Gasteiger partial charge on any atom is -0.356 e. The van der Waals surface area contributed by atoms with Crippen LogP contribution in [0.4, 0.5) is 0 Å². The Hall–Kier alpha value is -1.38. The lowest BCUT2D eigenvalue weighted by atomic mass is 10.2. The SMILES string of the molecule is CN=C(NCCNS(C)(=O)=O)NCCc1ccc(Cl)nc1. The van der Waals surface area contributed by atoms with Gasteiger partial charge in [-0.3, -0.25) is 4.99 Å². The molecule has 9 heteroatoms. The van der Waals surface area contributed by atoms with Crippen LogP contribution in [0.5, 0.6) is 0 Å². The molecule has 0 bridgehead atoms. The molecule has 1 aromatic heterocycles. The third-order valence-electron chi connectivity index (χ3n) is 2.50. The number of nitrogens with one attached hydrogen (secondary N) is 3. The van der Waals surface area contributed by atoms with Crippen LogP contribution in [-0.2, 0) is 16.4 Å². The lowest BCUT2D eigenvalue weighted by Crippen LogP contribution is -2.42. The maximum absolute atomic E-state index is 10.9. The first-order valence-electron chi connectivity index (χ1n) is 6.40. The summed E-state index contributed by atoms with van der Waals surface area (Å²) < 4.78 is 24.2. The van der Waals surface area contributed by atoms with Crippen LogP contribution in [0.1, 0.15) is 5.56 Å². The fourth-order valence-electron chi connectivity index (χ4n) is 1.52. The zero-order valence-electron chi connectivity index (χ0n) is 12.1. The lowest BCUT2D eigenvalue weighted by Gasteiger charge is -2.11. The molecule has 0 unspecified atom stereocenters. The van der Waals surface area contributed by atoms with E-state index in [0.29, 0.717) is 30.7 Å². The topological polar surface area (TPSA) is 95.5 Å². The average Bonchev–Trinajstić information content (AvgIpc) is 2.42. The van der Waals surface area contributed by atoms with Crippen molar-refractivity contribution >= 4 is 27.6 Å². The number of hydrogen-bond donors (Lipinski definition) is 3. The van der Waals surface area contributed by atoms with E-state index in [9.17, 15) is 8.42 Å². The quantitative estimate of drug-likeness (QED) is 0.282. The Balaban J connectivity index is 2.24. The van der Waals surface area contributed by atoms with E-state index in [1.807, 2.05) is 6.07 Å². The minimum absolute atomic E-state index is 0.306. The van der Waals surface area contributed by atoms with Gasteiger partial charge < -0.3 is 10.6 Å². The highest BCUT2D eigenvalue weighted by Gasteiger charge is 2.01. The molecule has 0 aliphatic carbocycles. The second kappa shape index (κ2) is 8.81. The van der Waals surface area contributed by atoms with Crippen LogP contribution in [0.15, 0.2) is 23.3 Å². The predicted molar refractivity (Wildman–Crippen MR) is 85.2 cm³/mol. The van der Waals surface area contributed by atoms with Crippen molar-refractivity contribution in [1.29, 1.82) is 0 Å². The number of pyridine rings is 1. The van der Waals surface area contributed by atoms with Gasteiger partial charge in [0, 0.05) is 32.9 Å². The molecule has 0 aliphatic rings. The third kappa shape index (κ3) is 8.49. The molecular formula is C12H20ClN5O2S. The number of aliphatic imine (C=N–C) groups is 1. The normalized spacial score (nSPS) is 12.2. The second-order valence-corrected chi connectivity index (χ2v) is 6.55. The molecule has 0 atom stereocenters. The molecule has 0 amide bonds. The monoisotopic (exact) mass is 333 g/mol. The predicted octanol–water partition coefficient (Wildman–Crippen LogP) is -0.00830. The van der Waals surface area contributed by atoms with E-state index in [1.165, 1.54) is 0 Å². The molecule has 3 N–H and O–H groups in total. The van der Waals surface area contributed by atoms with Crippen LogP contribution in [-0.4, -0.2) is 52.3 Å². The van der Waals surface area contributed by atoms with E-state index < -0.39 is 10.0 Å². The van der Waals surface area contributed by atoms with Crippen molar-refractivity contribution in [2.24, 2.45) is 4.99 Å². The van der Waals surface area contributed by atoms with Crippen molar-refractivity contribution in [1.82, 2.24) is 20.3 Å². The maximum atomic E-state index is 10.9. The standard InChI is InChI=1S/C12H20ClN5O2S/c1-14-12(16-7-8-18-21(2,19)20)15-6-5-10-3-4-11(13)17-9-10/h3-4,9,18H,5-8H2,1-2H3,(H2,14,15,16). The highest BCUT2D eigenvalue weighted by molar-refractivity contribution is 7.88. The van der Waals surface area contributed by atoms with Crippen LogP contribution in [0, 0.1) is 0 Å². The largest absolute Gasteiger partial charge is 0.356 e. The summed E-state index contributed by atoms with van der Waals surface area (Å²) in [6.45, 7) is 1.44. The van der Waals surface area contributed by atoms with Crippen LogP contribution in [0.25, 0.3) is 0 Å². The van der Waals surface area contributed by atoms with Crippen molar-refractivity contribution in [2.75, 3.05) is 32.9 Å². The summed E-state index contributed by atoms with van der Waals surface area (Å²) in [7, 11) is -1.50. The summed E-state index contributed by atoms with van der Waals surface area (Å²) >= 11 is 5.72. The van der Waals surface area contributed by atoms with Crippen LogP contribution in [0.2, 0.25) is 5.15 Å². The van der Waals surface area contributed by atoms with Crippen LogP contribution in [0.3, 0.4) is 0 Å². The summed E-state index contributed by atoms with van der Waals surface area (Å²) in [4.78, 5) is 8.06. The summed E-state index contributed by atoms with van der Waals surface area (Å²) in [6, 6.07) is 3.67. The molecule has 0 saturated heterocycles. The molecule has 21 heavy (non-hydrogen) atoms. The Morgan fingerprint density at radius 1 is 1.29 bits per heavy atom. The van der Waals surface area contributed by atoms with Crippen molar-refractivity contribution < 1.29 is 8.42 Å². The molecular weight excluding hydrogens is 314 g/mol. The first-order valence-corrected chi connectivity index (χ1v) is 8.67. The number of rotatable bonds is 7. The van der Waals surface area contributed by atoms with Crippen LogP contribution < -0.4 is 15.4 Å². The van der Waals surface area contributed by atoms with Crippen LogP contribution >= 0.6 is 11.6 Å². The Kier molecular flexibility index (Phi) is 7.41. The molecule has 1 rings (SSSR count). The van der Waals surface area contributed by atoms with Crippen molar-refractivity contribution in [3.8, 4) is 0 Å². The molecule has 1 heterocycles. The molecule has 7 nitrogen and oxygen atoms in total. The molecule has 0 radical (unpaired) electrons. The average molecular weight is 334 g/mol. The van der Waals surface area contributed by atoms with Crippen molar-refractivity contribution in [2.45, 2.75) is 6.42 Å². The number of nitrogens with zero attached hydrogens (tertiary/aromatic N) is 2. The summed E-state index contributed by atoms with van der Waals surface area (Å²) in [6.07, 6.45) is 3.64. The lowest BCUT2D eigenvalue weighted by molar-refractivity contribution is 0.586. The molecule has 1 aromatic rings. The van der Waals surface area contributed by atoms with Gasteiger partial charge in [-0.1, -0.05) is 17.7 Å². The summed E-state index contributed by atoms with van der Waals surface area (Å²) in [5, 5.41) is 6.62. The zero-order valence-corrected chi connectivity index (χ0v) is 13.6. The van der Waals surface area contributed by atoms with Gasteiger partial charge >= 0.3 is 0 Å². The fourth-order valence-corrected chi connectivity index (χ4v) is 2.10. The second-order valence-electron chi connectivity index (χ2n) is 4.33. The van der Waals surface area contributed by atoms with Gasteiger partial charge in [0.1, 0.15) is 5.15 Å². The van der Waals surface area contributed by atoms with Gasteiger partial charge in [0.05, 0.1) is 6.26 Å². The molecule has 0 aromatic carbocycles. The fraction of sp³-hybridized carbons (Fsp3) is 0.500. The summed E-state index contributed by atoms with van der Waals surface area (Å²) in [5.41, 5.74) is 1.07. The van der Waals surface area contributed by atoms with Crippen molar-refractivity contribution in [3.05, 3.63) is 29.0 Å². The maximum Gasteiger partial charge on any atom is 0.208 e. The number of sulfonamides is 1. The summed E-state index contributed by atoms with van der Waals surface area (Å²) in [5.74, 6) is 0.618. The van der Waals surface area contributed by atoms with E-state index >= 15 is 0 Å². The first-order chi connectivity index (χ1) is 9.90. The molecule has 118 valence electrons. The Morgan fingerprint density at radius 3 is 2.57 bits per heavy atom. The van der Waals surface area contributed by atoms with E-state index in [0.717, 1.165) is 18.2 Å². The van der Waals surface area contributed by atoms with E-state index in [4.69, 9.17) is 11.6 Å². The molecule has 0 spiro atoms. The zero-order chi connectivity index (χ0) is 15.7. The van der Waals surface area contributed by atoms with E-state index in [-0.39, 0.29) is 0 Å². The smallest absolute Gasteiger partial charge is 0.208 e. The van der Waals surface area contributed by atoms with Gasteiger partial charge in [0.25, 0.3) is 0 Å². The molecule has 0 aliphatic heterocycles. The van der Waals surface area contributed by atoms with Crippen molar-refractivity contribution in [3.63, 3.8) is 0 Å². The van der Waals surface area contributed by atoms with Gasteiger partial charge in [-0.2, -0.15) is 0 Å². The van der Waals surface area contributed by atoms with Gasteiger partial charge in [0.15, 0.2) is 5.96 Å². The van der Waals surface area contributed by atoms with E-state index in [2.05, 4.69) is 25.3 Å². The van der Waals surface area contributed by atoms with Gasteiger partial charge in [0.2, 0.25) is 10.0 Å². The highest BCUT2D eigenvalue weighted by atomic mass is 35.5.